The second-order valence-electron chi connectivity index (χ2n) is 7.10. The van der Waals surface area contributed by atoms with Gasteiger partial charge in [0.1, 0.15) is 4.90 Å². The van der Waals surface area contributed by atoms with Crippen LogP contribution < -0.4 is 10.4 Å². The molecule has 1 aliphatic heterocycles. The highest BCUT2D eigenvalue weighted by Crippen LogP contribution is 2.40. The van der Waals surface area contributed by atoms with Crippen molar-refractivity contribution < 1.29 is 23.2 Å². The standard InChI is InChI=1S/C19H18ClN3O5S/c20-15-7-8-16-17(9-15)29(27,28)23(19(25)22(16)10-12-1-2-12)11-13-3-5-14(6-4-13)18(24)21-26/h3-9,12,26H,1-2,10-11H2,(H,21,24). The summed E-state index contributed by atoms with van der Waals surface area (Å²) >= 11 is 6.03. The van der Waals surface area contributed by atoms with Crippen molar-refractivity contribution in [2.24, 2.45) is 5.92 Å². The van der Waals surface area contributed by atoms with Gasteiger partial charge in [0, 0.05) is 17.1 Å². The predicted molar refractivity (Wildman–Crippen MR) is 105 cm³/mol. The summed E-state index contributed by atoms with van der Waals surface area (Å²) in [7, 11) is -4.09. The highest BCUT2D eigenvalue weighted by Gasteiger charge is 2.43. The third-order valence-corrected chi connectivity index (χ3v) is 6.99. The topological polar surface area (TPSA) is 107 Å². The molecule has 0 aromatic heterocycles. The number of benzene rings is 2. The molecule has 0 saturated heterocycles. The Morgan fingerprint density at radius 1 is 1.17 bits per heavy atom. The van der Waals surface area contributed by atoms with E-state index in [0.717, 1.165) is 17.1 Å². The zero-order valence-electron chi connectivity index (χ0n) is 15.2. The zero-order valence-corrected chi connectivity index (χ0v) is 16.8. The van der Waals surface area contributed by atoms with Crippen LogP contribution in [-0.2, 0) is 16.6 Å². The fraction of sp³-hybridized carbons (Fsp3) is 0.263. The predicted octanol–water partition coefficient (Wildman–Crippen LogP) is 3.00. The summed E-state index contributed by atoms with van der Waals surface area (Å²) in [5, 5.41) is 8.97. The molecule has 0 radical (unpaired) electrons. The molecule has 0 bridgehead atoms. The van der Waals surface area contributed by atoms with Crippen molar-refractivity contribution in [1.29, 1.82) is 0 Å². The van der Waals surface area contributed by atoms with Gasteiger partial charge < -0.3 is 0 Å². The van der Waals surface area contributed by atoms with Crippen LogP contribution in [0.3, 0.4) is 0 Å². The molecule has 0 atom stereocenters. The molecule has 2 aromatic rings. The van der Waals surface area contributed by atoms with Crippen molar-refractivity contribution in [3.8, 4) is 0 Å². The minimum absolute atomic E-state index is 0.00142. The van der Waals surface area contributed by atoms with Crippen molar-refractivity contribution >= 4 is 39.2 Å². The summed E-state index contributed by atoms with van der Waals surface area (Å²) in [5.41, 5.74) is 2.60. The fourth-order valence-electron chi connectivity index (χ4n) is 3.26. The van der Waals surface area contributed by atoms with Crippen molar-refractivity contribution in [1.82, 2.24) is 9.79 Å². The number of hydroxylamine groups is 1. The summed E-state index contributed by atoms with van der Waals surface area (Å²) in [5.74, 6) is -0.321. The Morgan fingerprint density at radius 2 is 1.86 bits per heavy atom. The molecular formula is C19H18ClN3O5S. The first kappa shape index (κ1) is 19.7. The number of urea groups is 1. The number of carbonyl (C=O) groups is 2. The van der Waals surface area contributed by atoms with Crippen LogP contribution in [-0.4, -0.2) is 36.4 Å². The van der Waals surface area contributed by atoms with Crippen LogP contribution in [0, 0.1) is 5.92 Å². The molecule has 3 amide bonds. The first-order chi connectivity index (χ1) is 13.8. The highest BCUT2D eigenvalue weighted by atomic mass is 35.5. The fourth-order valence-corrected chi connectivity index (χ4v) is 5.07. The Hall–Kier alpha value is -2.62. The number of fused-ring (bicyclic) bond motifs is 1. The molecule has 2 aliphatic rings. The summed E-state index contributed by atoms with van der Waals surface area (Å²) in [6, 6.07) is 9.84. The lowest BCUT2D eigenvalue weighted by Gasteiger charge is -2.36. The third kappa shape index (κ3) is 3.68. The molecule has 0 unspecified atom stereocenters. The molecule has 2 aromatic carbocycles. The van der Waals surface area contributed by atoms with Gasteiger partial charge in [-0.2, -0.15) is 0 Å². The molecule has 8 nitrogen and oxygen atoms in total. The van der Waals surface area contributed by atoms with Crippen LogP contribution in [0.5, 0.6) is 0 Å². The molecule has 1 saturated carbocycles. The average Bonchev–Trinajstić information content (AvgIpc) is 3.53. The normalized spacial score (nSPS) is 17.8. The van der Waals surface area contributed by atoms with Gasteiger partial charge in [0.25, 0.3) is 15.9 Å². The third-order valence-electron chi connectivity index (χ3n) is 5.01. The van der Waals surface area contributed by atoms with Gasteiger partial charge in [-0.25, -0.2) is 23.0 Å². The summed E-state index contributed by atoms with van der Waals surface area (Å²) in [4.78, 5) is 26.1. The van der Waals surface area contributed by atoms with E-state index in [2.05, 4.69) is 0 Å². The van der Waals surface area contributed by atoms with Crippen LogP contribution in [0.2, 0.25) is 5.02 Å². The summed E-state index contributed by atoms with van der Waals surface area (Å²) in [6.45, 7) is 0.268. The monoisotopic (exact) mass is 435 g/mol. The largest absolute Gasteiger partial charge is 0.338 e. The lowest BCUT2D eigenvalue weighted by Crippen LogP contribution is -2.51. The Bertz CT molecular complexity index is 1080. The number of sulfonamides is 1. The number of nitrogens with one attached hydrogen (secondary N) is 1. The van der Waals surface area contributed by atoms with Gasteiger partial charge in [-0.1, -0.05) is 23.7 Å². The van der Waals surface area contributed by atoms with Crippen molar-refractivity contribution in [3.05, 3.63) is 58.6 Å². The second kappa shape index (κ2) is 7.33. The van der Waals surface area contributed by atoms with Crippen LogP contribution in [0.15, 0.2) is 47.4 Å². The number of carbonyl (C=O) groups excluding carboxylic acids is 2. The number of hydrogen-bond donors (Lipinski definition) is 2. The van der Waals surface area contributed by atoms with E-state index in [1.54, 1.807) is 12.1 Å². The molecule has 152 valence electrons. The SMILES string of the molecule is O=C(NO)c1ccc(CN2C(=O)N(CC3CC3)c3ccc(Cl)cc3S2(=O)=O)cc1. The molecule has 29 heavy (non-hydrogen) atoms. The van der Waals surface area contributed by atoms with E-state index in [0.29, 0.717) is 23.7 Å². The molecule has 1 fully saturated rings. The van der Waals surface area contributed by atoms with E-state index in [1.807, 2.05) is 0 Å². The average molecular weight is 436 g/mol. The Morgan fingerprint density at radius 3 is 2.48 bits per heavy atom. The van der Waals surface area contributed by atoms with Crippen LogP contribution in [0.1, 0.15) is 28.8 Å². The Kier molecular flexibility index (Phi) is 4.97. The molecule has 4 rings (SSSR count). The number of amides is 3. The van der Waals surface area contributed by atoms with Crippen LogP contribution >= 0.6 is 11.6 Å². The quantitative estimate of drug-likeness (QED) is 0.554. The lowest BCUT2D eigenvalue weighted by molar-refractivity contribution is 0.0706. The minimum atomic E-state index is -4.09. The number of rotatable bonds is 5. The smallest absolute Gasteiger partial charge is 0.292 e. The van der Waals surface area contributed by atoms with E-state index in [1.165, 1.54) is 40.7 Å². The van der Waals surface area contributed by atoms with Gasteiger partial charge in [0.2, 0.25) is 0 Å². The summed E-state index contributed by atoms with van der Waals surface area (Å²) < 4.78 is 27.2. The van der Waals surface area contributed by atoms with Gasteiger partial charge in [0.15, 0.2) is 0 Å². The van der Waals surface area contributed by atoms with Gasteiger partial charge in [-0.3, -0.25) is 14.9 Å². The van der Waals surface area contributed by atoms with Gasteiger partial charge in [-0.15, -0.1) is 0 Å². The molecule has 0 spiro atoms. The van der Waals surface area contributed by atoms with Crippen molar-refractivity contribution in [2.75, 3.05) is 11.4 Å². The summed E-state index contributed by atoms with van der Waals surface area (Å²) in [6.07, 6.45) is 2.02. The maximum atomic E-state index is 13.2. The Labute approximate surface area is 172 Å². The first-order valence-corrected chi connectivity index (χ1v) is 10.8. The zero-order chi connectivity index (χ0) is 20.8. The molecule has 1 aliphatic carbocycles. The van der Waals surface area contributed by atoms with Crippen molar-refractivity contribution in [2.45, 2.75) is 24.3 Å². The second-order valence-corrected chi connectivity index (χ2v) is 9.37. The van der Waals surface area contributed by atoms with E-state index >= 15 is 0 Å². The van der Waals surface area contributed by atoms with Gasteiger partial charge >= 0.3 is 6.03 Å². The number of hydrogen-bond acceptors (Lipinski definition) is 5. The van der Waals surface area contributed by atoms with Crippen molar-refractivity contribution in [3.63, 3.8) is 0 Å². The Balaban J connectivity index is 1.70. The van der Waals surface area contributed by atoms with E-state index in [9.17, 15) is 18.0 Å². The van der Waals surface area contributed by atoms with E-state index in [-0.39, 0.29) is 22.0 Å². The maximum absolute atomic E-state index is 13.2. The molecule has 1 heterocycles. The molecule has 2 N–H and O–H groups in total. The highest BCUT2D eigenvalue weighted by molar-refractivity contribution is 7.90. The first-order valence-electron chi connectivity index (χ1n) is 8.98. The molecular weight excluding hydrogens is 418 g/mol. The van der Waals surface area contributed by atoms with Gasteiger partial charge in [0.05, 0.1) is 12.2 Å². The van der Waals surface area contributed by atoms with Crippen LogP contribution in [0.25, 0.3) is 0 Å². The van der Waals surface area contributed by atoms with E-state index < -0.39 is 22.0 Å². The lowest BCUT2D eigenvalue weighted by atomic mass is 10.1. The number of nitrogens with zero attached hydrogens (tertiary/aromatic N) is 2. The minimum Gasteiger partial charge on any atom is -0.292 e. The van der Waals surface area contributed by atoms with E-state index in [4.69, 9.17) is 16.8 Å². The van der Waals surface area contributed by atoms with Crippen LogP contribution in [0.4, 0.5) is 10.5 Å². The van der Waals surface area contributed by atoms with Gasteiger partial charge in [-0.05, 0) is 54.7 Å². The number of anilines is 1. The molecule has 10 heteroatoms. The maximum Gasteiger partial charge on any atom is 0.338 e. The number of halogens is 1.